The fourth-order valence-corrected chi connectivity index (χ4v) is 2.05. The van der Waals surface area contributed by atoms with Crippen LogP contribution in [-0.4, -0.2) is 11.9 Å². The van der Waals surface area contributed by atoms with Gasteiger partial charge in [-0.05, 0) is 49.8 Å². The molecule has 1 aromatic rings. The molecule has 1 amide bonds. The van der Waals surface area contributed by atoms with Gasteiger partial charge in [-0.15, -0.1) is 0 Å². The van der Waals surface area contributed by atoms with Crippen LogP contribution < -0.4 is 11.1 Å². The van der Waals surface area contributed by atoms with E-state index < -0.39 is 6.04 Å². The molecule has 0 spiro atoms. The molecule has 3 nitrogen and oxygen atoms in total. The number of hydrogen-bond acceptors (Lipinski definition) is 2. The Morgan fingerprint density at radius 1 is 1.50 bits per heavy atom. The monoisotopic (exact) mass is 250 g/mol. The number of benzene rings is 1. The van der Waals surface area contributed by atoms with Crippen molar-refractivity contribution in [3.8, 4) is 0 Å². The summed E-state index contributed by atoms with van der Waals surface area (Å²) in [6.07, 6.45) is 2.20. The van der Waals surface area contributed by atoms with Crippen molar-refractivity contribution in [2.75, 3.05) is 0 Å². The maximum Gasteiger partial charge on any atom is 0.237 e. The SMILES string of the molecule is Cc1cc(C(NC(=O)C(C)N)C2CC2)ccc1F. The molecule has 0 bridgehead atoms. The fourth-order valence-electron chi connectivity index (χ4n) is 2.05. The molecule has 0 aliphatic heterocycles. The predicted molar refractivity (Wildman–Crippen MR) is 68.4 cm³/mol. The van der Waals surface area contributed by atoms with Crippen LogP contribution >= 0.6 is 0 Å². The van der Waals surface area contributed by atoms with Gasteiger partial charge in [-0.1, -0.05) is 12.1 Å². The zero-order chi connectivity index (χ0) is 13.3. The third kappa shape index (κ3) is 2.88. The van der Waals surface area contributed by atoms with Crippen LogP contribution in [0.15, 0.2) is 18.2 Å². The first-order valence-electron chi connectivity index (χ1n) is 6.31. The number of halogens is 1. The van der Waals surface area contributed by atoms with Gasteiger partial charge in [-0.2, -0.15) is 0 Å². The molecular formula is C14H19FN2O. The van der Waals surface area contributed by atoms with Gasteiger partial charge in [0.2, 0.25) is 5.91 Å². The van der Waals surface area contributed by atoms with E-state index in [1.807, 2.05) is 0 Å². The Hall–Kier alpha value is -1.42. The van der Waals surface area contributed by atoms with E-state index in [4.69, 9.17) is 5.73 Å². The third-order valence-corrected chi connectivity index (χ3v) is 3.35. The van der Waals surface area contributed by atoms with Crippen molar-refractivity contribution in [3.05, 3.63) is 35.1 Å². The average Bonchev–Trinajstić information content (AvgIpc) is 3.13. The van der Waals surface area contributed by atoms with E-state index in [0.29, 0.717) is 11.5 Å². The first-order valence-corrected chi connectivity index (χ1v) is 6.31. The average molecular weight is 250 g/mol. The van der Waals surface area contributed by atoms with Crippen LogP contribution in [0.2, 0.25) is 0 Å². The van der Waals surface area contributed by atoms with Crippen LogP contribution in [0.1, 0.15) is 36.9 Å². The fraction of sp³-hybridized carbons (Fsp3) is 0.500. The van der Waals surface area contributed by atoms with E-state index in [9.17, 15) is 9.18 Å². The van der Waals surface area contributed by atoms with Crippen LogP contribution in [0.3, 0.4) is 0 Å². The van der Waals surface area contributed by atoms with Crippen molar-refractivity contribution in [1.82, 2.24) is 5.32 Å². The minimum Gasteiger partial charge on any atom is -0.348 e. The van der Waals surface area contributed by atoms with Gasteiger partial charge in [-0.25, -0.2) is 4.39 Å². The lowest BCUT2D eigenvalue weighted by Gasteiger charge is -2.20. The van der Waals surface area contributed by atoms with Crippen molar-refractivity contribution in [2.24, 2.45) is 11.7 Å². The number of carbonyl (C=O) groups is 1. The lowest BCUT2D eigenvalue weighted by Crippen LogP contribution is -2.41. The highest BCUT2D eigenvalue weighted by Crippen LogP contribution is 2.41. The van der Waals surface area contributed by atoms with Gasteiger partial charge in [0.05, 0.1) is 12.1 Å². The molecule has 4 heteroatoms. The summed E-state index contributed by atoms with van der Waals surface area (Å²) in [5.41, 5.74) is 7.13. The third-order valence-electron chi connectivity index (χ3n) is 3.35. The Morgan fingerprint density at radius 3 is 2.67 bits per heavy atom. The number of amides is 1. The summed E-state index contributed by atoms with van der Waals surface area (Å²) in [4.78, 5) is 11.7. The zero-order valence-electron chi connectivity index (χ0n) is 10.7. The Bertz CT molecular complexity index is 455. The Balaban J connectivity index is 2.19. The Labute approximate surface area is 107 Å². The molecule has 2 rings (SSSR count). The lowest BCUT2D eigenvalue weighted by atomic mass is 10.00. The molecule has 2 atom stereocenters. The van der Waals surface area contributed by atoms with Gasteiger partial charge in [-0.3, -0.25) is 4.79 Å². The van der Waals surface area contributed by atoms with Gasteiger partial charge in [0.25, 0.3) is 0 Å². The van der Waals surface area contributed by atoms with Crippen LogP contribution in [0, 0.1) is 18.7 Å². The highest BCUT2D eigenvalue weighted by atomic mass is 19.1. The standard InChI is InChI=1S/C14H19FN2O/c1-8-7-11(5-6-12(8)15)13(10-3-4-10)17-14(18)9(2)16/h5-7,9-10,13H,3-4,16H2,1-2H3,(H,17,18). The summed E-state index contributed by atoms with van der Waals surface area (Å²) in [6, 6.07) is 4.44. The van der Waals surface area contributed by atoms with E-state index in [0.717, 1.165) is 18.4 Å². The van der Waals surface area contributed by atoms with E-state index in [2.05, 4.69) is 5.32 Å². The number of carbonyl (C=O) groups excluding carboxylic acids is 1. The molecule has 1 fully saturated rings. The number of hydrogen-bond donors (Lipinski definition) is 2. The zero-order valence-corrected chi connectivity index (χ0v) is 10.7. The molecule has 3 N–H and O–H groups in total. The van der Waals surface area contributed by atoms with E-state index in [1.54, 1.807) is 26.0 Å². The summed E-state index contributed by atoms with van der Waals surface area (Å²) >= 11 is 0. The van der Waals surface area contributed by atoms with Crippen LogP contribution in [0.4, 0.5) is 4.39 Å². The molecule has 1 aliphatic carbocycles. The van der Waals surface area contributed by atoms with Gasteiger partial charge in [0, 0.05) is 0 Å². The quantitative estimate of drug-likeness (QED) is 0.859. The van der Waals surface area contributed by atoms with Crippen molar-refractivity contribution in [1.29, 1.82) is 0 Å². The molecule has 1 aliphatic rings. The molecule has 0 aromatic heterocycles. The highest BCUT2D eigenvalue weighted by molar-refractivity contribution is 5.81. The summed E-state index contributed by atoms with van der Waals surface area (Å²) in [7, 11) is 0. The topological polar surface area (TPSA) is 55.1 Å². The number of rotatable bonds is 4. The van der Waals surface area contributed by atoms with E-state index in [1.165, 1.54) is 6.07 Å². The van der Waals surface area contributed by atoms with Crippen LogP contribution in [0.5, 0.6) is 0 Å². The molecule has 18 heavy (non-hydrogen) atoms. The smallest absolute Gasteiger partial charge is 0.237 e. The van der Waals surface area contributed by atoms with Gasteiger partial charge in [0.1, 0.15) is 5.82 Å². The molecule has 98 valence electrons. The van der Waals surface area contributed by atoms with Gasteiger partial charge < -0.3 is 11.1 Å². The molecule has 1 aromatic carbocycles. The minimum atomic E-state index is -0.521. The molecule has 0 radical (unpaired) electrons. The molecule has 0 heterocycles. The van der Waals surface area contributed by atoms with Gasteiger partial charge >= 0.3 is 0 Å². The summed E-state index contributed by atoms with van der Waals surface area (Å²) < 4.78 is 13.3. The first-order chi connectivity index (χ1) is 8.49. The van der Waals surface area contributed by atoms with Crippen molar-refractivity contribution >= 4 is 5.91 Å². The van der Waals surface area contributed by atoms with Crippen molar-refractivity contribution < 1.29 is 9.18 Å². The Kier molecular flexibility index (Phi) is 3.66. The predicted octanol–water partition coefficient (Wildman–Crippen LogP) is 2.05. The summed E-state index contributed by atoms with van der Waals surface area (Å²) in [6.45, 7) is 3.39. The minimum absolute atomic E-state index is 0.0391. The first kappa shape index (κ1) is 13.0. The summed E-state index contributed by atoms with van der Waals surface area (Å²) in [5.74, 6) is 0.0817. The molecule has 2 unspecified atom stereocenters. The molecular weight excluding hydrogens is 231 g/mol. The second kappa shape index (κ2) is 5.06. The van der Waals surface area contributed by atoms with E-state index >= 15 is 0 Å². The molecule has 1 saturated carbocycles. The second-order valence-electron chi connectivity index (χ2n) is 5.12. The van der Waals surface area contributed by atoms with Crippen molar-refractivity contribution in [3.63, 3.8) is 0 Å². The van der Waals surface area contributed by atoms with Crippen LogP contribution in [-0.2, 0) is 4.79 Å². The van der Waals surface area contributed by atoms with E-state index in [-0.39, 0.29) is 17.8 Å². The maximum atomic E-state index is 13.3. The van der Waals surface area contributed by atoms with Crippen molar-refractivity contribution in [2.45, 2.75) is 38.8 Å². The number of nitrogens with two attached hydrogens (primary N) is 1. The molecule has 0 saturated heterocycles. The number of aryl methyl sites for hydroxylation is 1. The second-order valence-corrected chi connectivity index (χ2v) is 5.12. The lowest BCUT2D eigenvalue weighted by molar-refractivity contribution is -0.122. The Morgan fingerprint density at radius 2 is 2.17 bits per heavy atom. The number of nitrogens with one attached hydrogen (secondary N) is 1. The maximum absolute atomic E-state index is 13.3. The van der Waals surface area contributed by atoms with Gasteiger partial charge in [0.15, 0.2) is 0 Å². The largest absolute Gasteiger partial charge is 0.348 e. The van der Waals surface area contributed by atoms with Crippen LogP contribution in [0.25, 0.3) is 0 Å². The summed E-state index contributed by atoms with van der Waals surface area (Å²) in [5, 5.41) is 2.95. The highest BCUT2D eigenvalue weighted by Gasteiger charge is 2.34. The normalized spacial score (nSPS) is 18.2.